The normalized spacial score (nSPS) is 15.0. The van der Waals surface area contributed by atoms with E-state index in [9.17, 15) is 4.79 Å². The van der Waals surface area contributed by atoms with E-state index in [4.69, 9.17) is 18.0 Å². The molecule has 0 fully saturated rings. The molecule has 3 nitrogen and oxygen atoms in total. The summed E-state index contributed by atoms with van der Waals surface area (Å²) in [6.45, 7) is 7.66. The Bertz CT molecular complexity index is 240. The molecule has 0 aliphatic heterocycles. The van der Waals surface area contributed by atoms with Gasteiger partial charge < -0.3 is 10.6 Å². The molecule has 1 unspecified atom stereocenters. The van der Waals surface area contributed by atoms with Crippen LogP contribution < -0.4 is 5.73 Å². The SMILES string of the molecule is CCC(C)(C(=O)N(C)C(C)C)C(N)=S. The van der Waals surface area contributed by atoms with E-state index in [1.807, 2.05) is 20.8 Å². The standard InChI is InChI=1S/C10H20N2OS/c1-6-10(4,8(11)14)9(13)12(5)7(2)3/h7H,6H2,1-5H3,(H2,11,14). The van der Waals surface area contributed by atoms with Gasteiger partial charge in [-0.25, -0.2) is 0 Å². The van der Waals surface area contributed by atoms with Crippen molar-refractivity contribution in [2.45, 2.75) is 40.2 Å². The third-order valence-electron chi connectivity index (χ3n) is 2.82. The molecule has 0 saturated carbocycles. The Hall–Kier alpha value is -0.640. The summed E-state index contributed by atoms with van der Waals surface area (Å²) in [5.41, 5.74) is 4.90. The summed E-state index contributed by atoms with van der Waals surface area (Å²) < 4.78 is 0. The first-order valence-electron chi connectivity index (χ1n) is 4.84. The molecule has 0 rings (SSSR count). The van der Waals surface area contributed by atoms with Crippen LogP contribution in [0.15, 0.2) is 0 Å². The lowest BCUT2D eigenvalue weighted by Gasteiger charge is -2.33. The molecule has 14 heavy (non-hydrogen) atoms. The van der Waals surface area contributed by atoms with Crippen LogP contribution in [0.25, 0.3) is 0 Å². The number of carbonyl (C=O) groups is 1. The summed E-state index contributed by atoms with van der Waals surface area (Å²) in [6, 6.07) is 0.169. The molecule has 1 atom stereocenters. The van der Waals surface area contributed by atoms with Gasteiger partial charge in [0, 0.05) is 13.1 Å². The van der Waals surface area contributed by atoms with Gasteiger partial charge in [-0.2, -0.15) is 0 Å². The van der Waals surface area contributed by atoms with E-state index in [-0.39, 0.29) is 16.9 Å². The summed E-state index contributed by atoms with van der Waals surface area (Å²) in [5, 5.41) is 0. The minimum Gasteiger partial charge on any atom is -0.392 e. The summed E-state index contributed by atoms with van der Waals surface area (Å²) in [7, 11) is 1.78. The van der Waals surface area contributed by atoms with Crippen molar-refractivity contribution in [1.82, 2.24) is 4.90 Å². The second-order valence-electron chi connectivity index (χ2n) is 4.06. The smallest absolute Gasteiger partial charge is 0.235 e. The van der Waals surface area contributed by atoms with Crippen molar-refractivity contribution < 1.29 is 4.79 Å². The molecular formula is C10H20N2OS. The molecule has 0 aliphatic carbocycles. The maximum atomic E-state index is 12.0. The van der Waals surface area contributed by atoms with Crippen LogP contribution >= 0.6 is 12.2 Å². The van der Waals surface area contributed by atoms with Gasteiger partial charge in [-0.1, -0.05) is 19.1 Å². The average Bonchev–Trinajstić information content (AvgIpc) is 2.13. The highest BCUT2D eigenvalue weighted by Crippen LogP contribution is 2.24. The predicted octanol–water partition coefficient (Wildman–Crippen LogP) is 1.56. The Morgan fingerprint density at radius 3 is 2.21 bits per heavy atom. The molecule has 0 aromatic rings. The molecule has 0 aliphatic rings. The van der Waals surface area contributed by atoms with Crippen LogP contribution in [0.2, 0.25) is 0 Å². The van der Waals surface area contributed by atoms with E-state index in [2.05, 4.69) is 0 Å². The largest absolute Gasteiger partial charge is 0.392 e. The summed E-state index contributed by atoms with van der Waals surface area (Å²) >= 11 is 4.94. The monoisotopic (exact) mass is 216 g/mol. The van der Waals surface area contributed by atoms with Gasteiger partial charge in [-0.05, 0) is 27.2 Å². The molecule has 0 aromatic carbocycles. The lowest BCUT2D eigenvalue weighted by Crippen LogP contribution is -2.49. The molecule has 4 heteroatoms. The van der Waals surface area contributed by atoms with E-state index in [1.54, 1.807) is 18.9 Å². The Kier molecular flexibility index (Phi) is 4.52. The van der Waals surface area contributed by atoms with Crippen molar-refractivity contribution in [1.29, 1.82) is 0 Å². The van der Waals surface area contributed by atoms with Crippen molar-refractivity contribution in [2.24, 2.45) is 11.1 Å². The molecule has 0 saturated heterocycles. The highest BCUT2D eigenvalue weighted by molar-refractivity contribution is 7.80. The summed E-state index contributed by atoms with van der Waals surface area (Å²) in [4.78, 5) is 14.0. The third kappa shape index (κ3) is 2.44. The van der Waals surface area contributed by atoms with Crippen molar-refractivity contribution in [2.75, 3.05) is 7.05 Å². The van der Waals surface area contributed by atoms with Crippen LogP contribution in [0.4, 0.5) is 0 Å². The van der Waals surface area contributed by atoms with E-state index in [1.165, 1.54) is 0 Å². The number of hydrogen-bond donors (Lipinski definition) is 1. The molecule has 0 spiro atoms. The molecule has 0 aromatic heterocycles. The maximum absolute atomic E-state index is 12.0. The fourth-order valence-electron chi connectivity index (χ4n) is 1.05. The minimum atomic E-state index is -0.700. The number of amides is 1. The third-order valence-corrected chi connectivity index (χ3v) is 3.27. The summed E-state index contributed by atoms with van der Waals surface area (Å²) in [6.07, 6.45) is 0.637. The quantitative estimate of drug-likeness (QED) is 0.725. The second-order valence-corrected chi connectivity index (χ2v) is 4.50. The Labute approximate surface area is 91.6 Å². The second kappa shape index (κ2) is 4.73. The lowest BCUT2D eigenvalue weighted by molar-refractivity contribution is -0.137. The van der Waals surface area contributed by atoms with Crippen LogP contribution in [0, 0.1) is 5.41 Å². The first kappa shape index (κ1) is 13.4. The van der Waals surface area contributed by atoms with Crippen LogP contribution in [0.3, 0.4) is 0 Å². The minimum absolute atomic E-state index is 0.00231. The molecule has 0 radical (unpaired) electrons. The van der Waals surface area contributed by atoms with E-state index in [0.29, 0.717) is 6.42 Å². The van der Waals surface area contributed by atoms with Crippen molar-refractivity contribution in [3.8, 4) is 0 Å². The van der Waals surface area contributed by atoms with Gasteiger partial charge in [0.2, 0.25) is 5.91 Å². The number of rotatable bonds is 4. The topological polar surface area (TPSA) is 46.3 Å². The number of nitrogens with two attached hydrogens (primary N) is 1. The zero-order valence-electron chi connectivity index (χ0n) is 9.63. The predicted molar refractivity (Wildman–Crippen MR) is 63.1 cm³/mol. The molecule has 0 heterocycles. The molecule has 82 valence electrons. The summed E-state index contributed by atoms with van der Waals surface area (Å²) in [5.74, 6) is 0.00231. The fourth-order valence-corrected chi connectivity index (χ4v) is 1.29. The van der Waals surface area contributed by atoms with Gasteiger partial charge in [0.1, 0.15) is 0 Å². The fraction of sp³-hybridized carbons (Fsp3) is 0.800. The number of hydrogen-bond acceptors (Lipinski definition) is 2. The van der Waals surface area contributed by atoms with Gasteiger partial charge in [0.15, 0.2) is 0 Å². The Morgan fingerprint density at radius 2 is 2.00 bits per heavy atom. The highest BCUT2D eigenvalue weighted by atomic mass is 32.1. The van der Waals surface area contributed by atoms with E-state index >= 15 is 0 Å². The van der Waals surface area contributed by atoms with Gasteiger partial charge in [-0.3, -0.25) is 4.79 Å². The molecular weight excluding hydrogens is 196 g/mol. The molecule has 1 amide bonds. The van der Waals surface area contributed by atoms with Gasteiger partial charge in [0.05, 0.1) is 10.4 Å². The van der Waals surface area contributed by atoms with Crippen LogP contribution in [-0.2, 0) is 4.79 Å². The first-order chi connectivity index (χ1) is 6.27. The highest BCUT2D eigenvalue weighted by Gasteiger charge is 2.37. The van der Waals surface area contributed by atoms with Crippen LogP contribution in [0.5, 0.6) is 0 Å². The van der Waals surface area contributed by atoms with Crippen molar-refractivity contribution in [3.05, 3.63) is 0 Å². The number of carbonyl (C=O) groups excluding carboxylic acids is 1. The van der Waals surface area contributed by atoms with Crippen molar-refractivity contribution >= 4 is 23.1 Å². The average molecular weight is 216 g/mol. The first-order valence-corrected chi connectivity index (χ1v) is 5.25. The lowest BCUT2D eigenvalue weighted by atomic mass is 9.85. The number of nitrogens with zero attached hydrogens (tertiary/aromatic N) is 1. The number of thiocarbonyl (C=S) groups is 1. The molecule has 0 bridgehead atoms. The molecule has 2 N–H and O–H groups in total. The van der Waals surface area contributed by atoms with Gasteiger partial charge in [-0.15, -0.1) is 0 Å². The van der Waals surface area contributed by atoms with Crippen LogP contribution in [-0.4, -0.2) is 28.9 Å². The Morgan fingerprint density at radius 1 is 1.57 bits per heavy atom. The Balaban J connectivity index is 4.88. The van der Waals surface area contributed by atoms with E-state index < -0.39 is 5.41 Å². The van der Waals surface area contributed by atoms with Crippen molar-refractivity contribution in [3.63, 3.8) is 0 Å². The maximum Gasteiger partial charge on any atom is 0.235 e. The zero-order valence-corrected chi connectivity index (χ0v) is 10.4. The van der Waals surface area contributed by atoms with Crippen LogP contribution in [0.1, 0.15) is 34.1 Å². The van der Waals surface area contributed by atoms with E-state index in [0.717, 1.165) is 0 Å². The van der Waals surface area contributed by atoms with Gasteiger partial charge >= 0.3 is 0 Å². The zero-order chi connectivity index (χ0) is 11.5. The van der Waals surface area contributed by atoms with Gasteiger partial charge in [0.25, 0.3) is 0 Å².